The van der Waals surface area contributed by atoms with Crippen LogP contribution < -0.4 is 15.4 Å². The molecule has 6 nitrogen and oxygen atoms in total. The molecule has 0 bridgehead atoms. The first kappa shape index (κ1) is 20.6. The Hall–Kier alpha value is -2.67. The molecule has 1 aromatic heterocycles. The molecule has 0 unspecified atom stereocenters. The van der Waals surface area contributed by atoms with Crippen LogP contribution in [0.15, 0.2) is 24.4 Å². The fourth-order valence-corrected chi connectivity index (χ4v) is 2.83. The maximum Gasteiger partial charge on any atom is 0.252 e. The molecule has 0 aliphatic carbocycles. The van der Waals surface area contributed by atoms with E-state index < -0.39 is 11.7 Å². The van der Waals surface area contributed by atoms with Gasteiger partial charge in [-0.3, -0.25) is 14.6 Å². The van der Waals surface area contributed by atoms with Gasteiger partial charge in [0.2, 0.25) is 5.91 Å². The predicted molar refractivity (Wildman–Crippen MR) is 100 cm³/mol. The lowest BCUT2D eigenvalue weighted by atomic mass is 10.1. The van der Waals surface area contributed by atoms with Crippen molar-refractivity contribution in [1.82, 2.24) is 15.6 Å². The zero-order chi connectivity index (χ0) is 20.0. The van der Waals surface area contributed by atoms with E-state index in [9.17, 15) is 14.0 Å². The molecule has 27 heavy (non-hydrogen) atoms. The summed E-state index contributed by atoms with van der Waals surface area (Å²) in [4.78, 5) is 28.3. The van der Waals surface area contributed by atoms with Crippen molar-refractivity contribution in [2.45, 2.75) is 26.8 Å². The molecular weight excluding hydrogens is 373 g/mol. The molecule has 0 aliphatic heterocycles. The standard InChI is InChI=1S/C19H21ClFN3O3/c1-11-9-23-16(12(2)18(11)27-3)10-24-17(25)6-7-22-19(26)14-5-4-13(21)8-15(14)20/h4-5,8-9H,6-7,10H2,1-3H3,(H,22,26)(H,24,25). The molecule has 1 heterocycles. The topological polar surface area (TPSA) is 80.3 Å². The van der Waals surface area contributed by atoms with Crippen molar-refractivity contribution in [2.75, 3.05) is 13.7 Å². The van der Waals surface area contributed by atoms with Gasteiger partial charge >= 0.3 is 0 Å². The third kappa shape index (κ3) is 5.40. The van der Waals surface area contributed by atoms with E-state index in [4.69, 9.17) is 16.3 Å². The van der Waals surface area contributed by atoms with E-state index in [-0.39, 0.29) is 36.0 Å². The molecule has 8 heteroatoms. The number of halogens is 2. The Morgan fingerprint density at radius 2 is 2.00 bits per heavy atom. The normalized spacial score (nSPS) is 10.4. The largest absolute Gasteiger partial charge is 0.496 e. The van der Waals surface area contributed by atoms with Gasteiger partial charge in [-0.05, 0) is 32.0 Å². The molecule has 2 aromatic rings. The fraction of sp³-hybridized carbons (Fsp3) is 0.316. The quantitative estimate of drug-likeness (QED) is 0.758. The number of benzene rings is 1. The van der Waals surface area contributed by atoms with Crippen LogP contribution in [-0.4, -0.2) is 30.5 Å². The molecule has 144 valence electrons. The van der Waals surface area contributed by atoms with E-state index in [1.165, 1.54) is 6.07 Å². The highest BCUT2D eigenvalue weighted by atomic mass is 35.5. The fourth-order valence-electron chi connectivity index (χ4n) is 2.58. The summed E-state index contributed by atoms with van der Waals surface area (Å²) in [6, 6.07) is 3.51. The highest BCUT2D eigenvalue weighted by Crippen LogP contribution is 2.23. The van der Waals surface area contributed by atoms with Gasteiger partial charge in [0.25, 0.3) is 5.91 Å². The second-order valence-corrected chi connectivity index (χ2v) is 6.36. The van der Waals surface area contributed by atoms with E-state index in [1.54, 1.807) is 13.3 Å². The van der Waals surface area contributed by atoms with E-state index in [1.807, 2.05) is 13.8 Å². The molecule has 0 saturated heterocycles. The number of carbonyl (C=O) groups excluding carboxylic acids is 2. The van der Waals surface area contributed by atoms with Gasteiger partial charge < -0.3 is 15.4 Å². The maximum absolute atomic E-state index is 13.0. The second-order valence-electron chi connectivity index (χ2n) is 5.95. The predicted octanol–water partition coefficient (Wildman–Crippen LogP) is 2.94. The molecule has 2 N–H and O–H groups in total. The minimum absolute atomic E-state index is 0.0202. The van der Waals surface area contributed by atoms with Crippen molar-refractivity contribution in [3.05, 3.63) is 57.6 Å². The number of carbonyl (C=O) groups is 2. The van der Waals surface area contributed by atoms with E-state index >= 15 is 0 Å². The summed E-state index contributed by atoms with van der Waals surface area (Å²) in [5, 5.41) is 5.36. The lowest BCUT2D eigenvalue weighted by molar-refractivity contribution is -0.121. The molecule has 2 amide bonds. The number of amides is 2. The van der Waals surface area contributed by atoms with E-state index in [0.29, 0.717) is 5.69 Å². The van der Waals surface area contributed by atoms with Crippen LogP contribution in [0.2, 0.25) is 5.02 Å². The van der Waals surface area contributed by atoms with E-state index in [2.05, 4.69) is 15.6 Å². The van der Waals surface area contributed by atoms with E-state index in [0.717, 1.165) is 29.0 Å². The van der Waals surface area contributed by atoms with Crippen molar-refractivity contribution < 1.29 is 18.7 Å². The number of ether oxygens (including phenoxy) is 1. The number of pyridine rings is 1. The summed E-state index contributed by atoms with van der Waals surface area (Å²) >= 11 is 5.84. The summed E-state index contributed by atoms with van der Waals surface area (Å²) < 4.78 is 18.3. The summed E-state index contributed by atoms with van der Waals surface area (Å²) in [6.07, 6.45) is 1.78. The average molecular weight is 394 g/mol. The first-order valence-electron chi connectivity index (χ1n) is 8.32. The molecule has 0 atom stereocenters. The summed E-state index contributed by atoms with van der Waals surface area (Å²) in [5.41, 5.74) is 2.67. The summed E-state index contributed by atoms with van der Waals surface area (Å²) in [7, 11) is 1.59. The van der Waals surface area contributed by atoms with Crippen LogP contribution in [0.25, 0.3) is 0 Å². The summed E-state index contributed by atoms with van der Waals surface area (Å²) in [5.74, 6) is -0.472. The molecule has 2 rings (SSSR count). The molecular formula is C19H21ClFN3O3. The van der Waals surface area contributed by atoms with Crippen molar-refractivity contribution in [3.8, 4) is 5.75 Å². The van der Waals surface area contributed by atoms with Crippen molar-refractivity contribution in [2.24, 2.45) is 0 Å². The number of aryl methyl sites for hydroxylation is 1. The maximum atomic E-state index is 13.0. The molecule has 1 aromatic carbocycles. The molecule has 0 spiro atoms. The van der Waals surface area contributed by atoms with Gasteiger partial charge in [0.15, 0.2) is 0 Å². The Kier molecular flexibility index (Phi) is 7.12. The monoisotopic (exact) mass is 393 g/mol. The van der Waals surface area contributed by atoms with Gasteiger partial charge in [-0.2, -0.15) is 0 Å². The van der Waals surface area contributed by atoms with Gasteiger partial charge in [0, 0.05) is 30.3 Å². The zero-order valence-corrected chi connectivity index (χ0v) is 16.1. The van der Waals surface area contributed by atoms with Crippen molar-refractivity contribution in [1.29, 1.82) is 0 Å². The molecule has 0 aliphatic rings. The minimum Gasteiger partial charge on any atom is -0.496 e. The van der Waals surface area contributed by atoms with Crippen LogP contribution in [0.1, 0.15) is 33.6 Å². The first-order chi connectivity index (χ1) is 12.8. The van der Waals surface area contributed by atoms with Gasteiger partial charge in [0.1, 0.15) is 11.6 Å². The van der Waals surface area contributed by atoms with Crippen LogP contribution in [-0.2, 0) is 11.3 Å². The minimum atomic E-state index is -0.521. The third-order valence-electron chi connectivity index (χ3n) is 4.02. The average Bonchev–Trinajstić information content (AvgIpc) is 2.61. The van der Waals surface area contributed by atoms with Gasteiger partial charge in [-0.1, -0.05) is 11.6 Å². The Morgan fingerprint density at radius 1 is 1.26 bits per heavy atom. The molecule has 0 radical (unpaired) electrons. The number of nitrogens with zero attached hydrogens (tertiary/aromatic N) is 1. The van der Waals surface area contributed by atoms with Crippen molar-refractivity contribution in [3.63, 3.8) is 0 Å². The van der Waals surface area contributed by atoms with Gasteiger partial charge in [-0.15, -0.1) is 0 Å². The number of aromatic nitrogens is 1. The third-order valence-corrected chi connectivity index (χ3v) is 4.33. The number of hydrogen-bond donors (Lipinski definition) is 2. The number of hydrogen-bond acceptors (Lipinski definition) is 4. The molecule has 0 saturated carbocycles. The Morgan fingerprint density at radius 3 is 2.67 bits per heavy atom. The Labute approximate surface area is 162 Å². The first-order valence-corrected chi connectivity index (χ1v) is 8.70. The van der Waals surface area contributed by atoms with Crippen LogP contribution >= 0.6 is 11.6 Å². The molecule has 0 fully saturated rings. The number of nitrogens with one attached hydrogen (secondary N) is 2. The zero-order valence-electron chi connectivity index (χ0n) is 15.4. The smallest absolute Gasteiger partial charge is 0.252 e. The number of methoxy groups -OCH3 is 1. The van der Waals surface area contributed by atoms with Crippen molar-refractivity contribution >= 4 is 23.4 Å². The van der Waals surface area contributed by atoms with Crippen LogP contribution in [0.4, 0.5) is 4.39 Å². The SMILES string of the molecule is COc1c(C)cnc(CNC(=O)CCNC(=O)c2ccc(F)cc2Cl)c1C. The summed E-state index contributed by atoms with van der Waals surface area (Å²) in [6.45, 7) is 4.17. The van der Waals surface area contributed by atoms with Gasteiger partial charge in [-0.25, -0.2) is 4.39 Å². The highest BCUT2D eigenvalue weighted by Gasteiger charge is 2.13. The Bertz CT molecular complexity index is 858. The van der Waals surface area contributed by atoms with Crippen LogP contribution in [0.5, 0.6) is 5.75 Å². The number of rotatable bonds is 7. The Balaban J connectivity index is 1.82. The highest BCUT2D eigenvalue weighted by molar-refractivity contribution is 6.33. The van der Waals surface area contributed by atoms with Crippen LogP contribution in [0.3, 0.4) is 0 Å². The lowest BCUT2D eigenvalue weighted by Crippen LogP contribution is -2.31. The van der Waals surface area contributed by atoms with Gasteiger partial charge in [0.05, 0.1) is 29.9 Å². The second kappa shape index (κ2) is 9.32. The van der Waals surface area contributed by atoms with Crippen LogP contribution in [0, 0.1) is 19.7 Å². The lowest BCUT2D eigenvalue weighted by Gasteiger charge is -2.13.